The van der Waals surface area contributed by atoms with E-state index in [9.17, 15) is 0 Å². The van der Waals surface area contributed by atoms with Gasteiger partial charge in [-0.2, -0.15) is 0 Å². The van der Waals surface area contributed by atoms with E-state index in [2.05, 4.69) is 32.5 Å². The molecular weight excluding hydrogens is 230 g/mol. The van der Waals surface area contributed by atoms with Crippen LogP contribution in [0.15, 0.2) is 16.0 Å². The minimum Gasteiger partial charge on any atom is -0.290 e. The smallest absolute Gasteiger partial charge is 0.149 e. The lowest BCUT2D eigenvalue weighted by Gasteiger charge is -2.08. The Balaban J connectivity index is 3.72. The summed E-state index contributed by atoms with van der Waals surface area (Å²) in [6.45, 7) is 7.58. The Hall–Kier alpha value is -0.900. The van der Waals surface area contributed by atoms with E-state index in [0.29, 0.717) is 0 Å². The highest BCUT2D eigenvalue weighted by Gasteiger charge is 2.04. The second-order valence-electron chi connectivity index (χ2n) is 2.66. The number of hydrogen-bond donors (Lipinski definition) is 0. The molecule has 1 aromatic rings. The van der Waals surface area contributed by atoms with E-state index < -0.39 is 0 Å². The summed E-state index contributed by atoms with van der Waals surface area (Å²) in [4.78, 5) is 8.50. The summed E-state index contributed by atoms with van der Waals surface area (Å²) in [6.07, 6.45) is 1.70. The Bertz CT molecular complexity index is 404. The van der Waals surface area contributed by atoms with Crippen molar-refractivity contribution in [3.63, 3.8) is 0 Å². The Morgan fingerprint density at radius 1 is 1.54 bits per heavy atom. The number of rotatable bonds is 1. The molecule has 0 radical (unpaired) electrons. The highest BCUT2D eigenvalue weighted by molar-refractivity contribution is 9.10. The lowest BCUT2D eigenvalue weighted by atomic mass is 10.4. The van der Waals surface area contributed by atoms with Crippen molar-refractivity contribution in [1.82, 2.24) is 9.55 Å². The molecule has 0 spiro atoms. The zero-order valence-corrected chi connectivity index (χ0v) is 9.59. The second-order valence-corrected chi connectivity index (χ2v) is 3.45. The Kier molecular flexibility index (Phi) is 3.03. The molecule has 0 aromatic carbocycles. The van der Waals surface area contributed by atoms with Crippen molar-refractivity contribution < 1.29 is 0 Å². The summed E-state index contributed by atoms with van der Waals surface area (Å²) < 4.78 is 2.76. The number of aromatic nitrogens is 2. The van der Waals surface area contributed by atoms with Crippen LogP contribution < -0.4 is 5.49 Å². The van der Waals surface area contributed by atoms with E-state index in [1.54, 1.807) is 13.2 Å². The molecule has 0 aliphatic heterocycles. The fourth-order valence-electron chi connectivity index (χ4n) is 1.19. The van der Waals surface area contributed by atoms with E-state index >= 15 is 0 Å². The van der Waals surface area contributed by atoms with Crippen molar-refractivity contribution in [2.45, 2.75) is 13.8 Å². The van der Waals surface area contributed by atoms with Crippen LogP contribution in [-0.4, -0.2) is 16.6 Å². The summed E-state index contributed by atoms with van der Waals surface area (Å²) >= 11 is 3.44. The summed E-state index contributed by atoms with van der Waals surface area (Å²) in [5, 5.41) is 0. The van der Waals surface area contributed by atoms with E-state index in [-0.39, 0.29) is 0 Å². The van der Waals surface area contributed by atoms with Crippen LogP contribution in [-0.2, 0) is 0 Å². The van der Waals surface area contributed by atoms with Gasteiger partial charge in [-0.3, -0.25) is 9.56 Å². The molecule has 0 aliphatic carbocycles. The molecule has 1 heterocycles. The second kappa shape index (κ2) is 3.87. The predicted molar refractivity (Wildman–Crippen MR) is 57.3 cm³/mol. The van der Waals surface area contributed by atoms with Crippen molar-refractivity contribution in [3.8, 4) is 0 Å². The van der Waals surface area contributed by atoms with Gasteiger partial charge in [-0.05, 0) is 29.8 Å². The lowest BCUT2D eigenvalue weighted by Crippen LogP contribution is -2.22. The molecule has 70 valence electrons. The first-order valence-corrected chi connectivity index (χ1v) is 4.71. The summed E-state index contributed by atoms with van der Waals surface area (Å²) in [6, 6.07) is 0. The SMILES string of the molecule is C=Cn1c(C)nc(C)c(Br)c1=NC. The van der Waals surface area contributed by atoms with Crippen LogP contribution in [0.1, 0.15) is 11.5 Å². The molecule has 0 fully saturated rings. The molecule has 0 saturated heterocycles. The quantitative estimate of drug-likeness (QED) is 0.739. The number of aryl methyl sites for hydroxylation is 2. The molecule has 0 unspecified atom stereocenters. The van der Waals surface area contributed by atoms with E-state index in [1.165, 1.54) is 0 Å². The van der Waals surface area contributed by atoms with Crippen LogP contribution >= 0.6 is 15.9 Å². The number of nitrogens with zero attached hydrogens (tertiary/aromatic N) is 3. The number of hydrogen-bond acceptors (Lipinski definition) is 2. The van der Waals surface area contributed by atoms with Crippen molar-refractivity contribution >= 4 is 22.1 Å². The zero-order valence-electron chi connectivity index (χ0n) is 8.00. The molecule has 0 saturated carbocycles. The lowest BCUT2D eigenvalue weighted by molar-refractivity contribution is 0.851. The van der Waals surface area contributed by atoms with Crippen molar-refractivity contribution in [2.24, 2.45) is 4.99 Å². The Labute approximate surface area is 86.0 Å². The highest BCUT2D eigenvalue weighted by atomic mass is 79.9. The van der Waals surface area contributed by atoms with Gasteiger partial charge in [0.25, 0.3) is 0 Å². The van der Waals surface area contributed by atoms with Gasteiger partial charge in [-0.15, -0.1) is 0 Å². The van der Waals surface area contributed by atoms with Crippen LogP contribution in [0.5, 0.6) is 0 Å². The molecule has 0 aliphatic rings. The molecule has 1 aromatic heterocycles. The Morgan fingerprint density at radius 3 is 2.62 bits per heavy atom. The first-order chi connectivity index (χ1) is 6.11. The van der Waals surface area contributed by atoms with E-state index in [1.807, 2.05) is 18.4 Å². The molecule has 0 amide bonds. The van der Waals surface area contributed by atoms with Gasteiger partial charge in [-0.1, -0.05) is 6.58 Å². The van der Waals surface area contributed by atoms with Gasteiger partial charge in [0.1, 0.15) is 11.3 Å². The highest BCUT2D eigenvalue weighted by Crippen LogP contribution is 2.08. The first-order valence-electron chi connectivity index (χ1n) is 3.92. The average Bonchev–Trinajstić information content (AvgIpc) is 2.10. The van der Waals surface area contributed by atoms with Crippen molar-refractivity contribution in [1.29, 1.82) is 0 Å². The van der Waals surface area contributed by atoms with Gasteiger partial charge in [-0.25, -0.2) is 4.98 Å². The molecule has 0 N–H and O–H groups in total. The molecular formula is C9H12BrN3. The molecule has 4 heteroatoms. The van der Waals surface area contributed by atoms with Crippen molar-refractivity contribution in [2.75, 3.05) is 7.05 Å². The normalized spacial score (nSPS) is 11.8. The fourth-order valence-corrected chi connectivity index (χ4v) is 1.65. The minimum atomic E-state index is 0.847. The van der Waals surface area contributed by atoms with Gasteiger partial charge in [0.05, 0.1) is 10.2 Å². The molecule has 13 heavy (non-hydrogen) atoms. The van der Waals surface area contributed by atoms with Crippen LogP contribution in [0.2, 0.25) is 0 Å². The van der Waals surface area contributed by atoms with Crippen molar-refractivity contribution in [3.05, 3.63) is 28.1 Å². The number of halogens is 1. The predicted octanol–water partition coefficient (Wildman–Crippen LogP) is 1.89. The minimum absolute atomic E-state index is 0.847. The van der Waals surface area contributed by atoms with Crippen LogP contribution in [0, 0.1) is 13.8 Å². The summed E-state index contributed by atoms with van der Waals surface area (Å²) in [7, 11) is 1.75. The van der Waals surface area contributed by atoms with E-state index in [4.69, 9.17) is 0 Å². The molecule has 0 atom stereocenters. The van der Waals surface area contributed by atoms with Crippen LogP contribution in [0.3, 0.4) is 0 Å². The Morgan fingerprint density at radius 2 is 2.15 bits per heavy atom. The summed E-state index contributed by atoms with van der Waals surface area (Å²) in [5.74, 6) is 0.885. The third-order valence-electron chi connectivity index (χ3n) is 1.81. The molecule has 1 rings (SSSR count). The largest absolute Gasteiger partial charge is 0.290 e. The topological polar surface area (TPSA) is 30.2 Å². The molecule has 3 nitrogen and oxygen atoms in total. The fraction of sp³-hybridized carbons (Fsp3) is 0.333. The maximum Gasteiger partial charge on any atom is 0.149 e. The van der Waals surface area contributed by atoms with Crippen LogP contribution in [0.25, 0.3) is 6.20 Å². The average molecular weight is 242 g/mol. The maximum atomic E-state index is 4.34. The third-order valence-corrected chi connectivity index (χ3v) is 2.74. The van der Waals surface area contributed by atoms with E-state index in [0.717, 1.165) is 21.5 Å². The standard InChI is InChI=1S/C9H12BrN3/c1-5-13-7(3)12-6(2)8(10)9(13)11-4/h5H,1H2,2-4H3. The van der Waals surface area contributed by atoms with Gasteiger partial charge in [0, 0.05) is 13.2 Å². The zero-order chi connectivity index (χ0) is 10.0. The monoisotopic (exact) mass is 241 g/mol. The third kappa shape index (κ3) is 1.72. The maximum absolute atomic E-state index is 4.34. The van der Waals surface area contributed by atoms with Crippen LogP contribution in [0.4, 0.5) is 0 Å². The first kappa shape index (κ1) is 10.2. The van der Waals surface area contributed by atoms with Gasteiger partial charge in [0.15, 0.2) is 0 Å². The van der Waals surface area contributed by atoms with Gasteiger partial charge in [0.2, 0.25) is 0 Å². The van der Waals surface area contributed by atoms with Gasteiger partial charge >= 0.3 is 0 Å². The molecule has 0 bridgehead atoms. The van der Waals surface area contributed by atoms with Gasteiger partial charge < -0.3 is 0 Å². The summed E-state index contributed by atoms with van der Waals surface area (Å²) in [5.41, 5.74) is 1.79.